The summed E-state index contributed by atoms with van der Waals surface area (Å²) in [4.78, 5) is 13.2. The molecule has 5 nitrogen and oxygen atoms in total. The zero-order chi connectivity index (χ0) is 15.0. The van der Waals surface area contributed by atoms with Crippen LogP contribution in [0.2, 0.25) is 0 Å². The first-order valence-corrected chi connectivity index (χ1v) is 8.77. The first kappa shape index (κ1) is 15.5. The van der Waals surface area contributed by atoms with Crippen LogP contribution in [-0.4, -0.2) is 27.5 Å². The van der Waals surface area contributed by atoms with Gasteiger partial charge >= 0.3 is 0 Å². The molecule has 0 aromatic carbocycles. The van der Waals surface area contributed by atoms with Crippen molar-refractivity contribution in [1.82, 2.24) is 4.72 Å². The third kappa shape index (κ3) is 3.05. The zero-order valence-corrected chi connectivity index (χ0v) is 13.5. The van der Waals surface area contributed by atoms with Crippen LogP contribution in [0.15, 0.2) is 10.3 Å². The Balaban J connectivity index is 2.17. The lowest BCUT2D eigenvalue weighted by molar-refractivity contribution is -0.135. The van der Waals surface area contributed by atoms with Crippen molar-refractivity contribution in [3.8, 4) is 0 Å². The number of hydrogen-bond donors (Lipinski definition) is 1. The highest BCUT2D eigenvalue weighted by Crippen LogP contribution is 2.30. The van der Waals surface area contributed by atoms with Crippen molar-refractivity contribution >= 4 is 27.3 Å². The molecule has 20 heavy (non-hydrogen) atoms. The summed E-state index contributed by atoms with van der Waals surface area (Å²) in [6.45, 7) is 6.33. The molecular weight excluding hydrogens is 298 g/mol. The van der Waals surface area contributed by atoms with Gasteiger partial charge in [-0.25, -0.2) is 13.1 Å². The zero-order valence-electron chi connectivity index (χ0n) is 11.9. The van der Waals surface area contributed by atoms with Gasteiger partial charge in [-0.2, -0.15) is 0 Å². The van der Waals surface area contributed by atoms with E-state index in [9.17, 15) is 13.2 Å². The fraction of sp³-hybridized carbons (Fsp3) is 0.615. The van der Waals surface area contributed by atoms with Gasteiger partial charge in [0.15, 0.2) is 0 Å². The summed E-state index contributed by atoms with van der Waals surface area (Å²) in [6.07, 6.45) is 1.40. The molecule has 1 atom stereocenters. The van der Waals surface area contributed by atoms with Crippen LogP contribution >= 0.6 is 11.3 Å². The number of rotatable bonds is 3. The fourth-order valence-corrected chi connectivity index (χ4v) is 4.70. The molecule has 1 aromatic heterocycles. The number of nitrogens with one attached hydrogen (secondary N) is 1. The summed E-state index contributed by atoms with van der Waals surface area (Å²) < 4.78 is 32.1. The molecule has 112 valence electrons. The molecular formula is C13H19NO4S2. The molecule has 1 saturated heterocycles. The second-order valence-electron chi connectivity index (χ2n) is 5.46. The van der Waals surface area contributed by atoms with Gasteiger partial charge in [0, 0.05) is 11.5 Å². The van der Waals surface area contributed by atoms with E-state index < -0.39 is 21.3 Å². The molecule has 0 aliphatic carbocycles. The van der Waals surface area contributed by atoms with E-state index in [0.29, 0.717) is 13.0 Å². The van der Waals surface area contributed by atoms with E-state index in [-0.39, 0.29) is 10.8 Å². The smallest absolute Gasteiger partial charge is 0.273 e. The third-order valence-electron chi connectivity index (χ3n) is 3.62. The molecule has 1 aliphatic heterocycles. The largest absolute Gasteiger partial charge is 0.380 e. The highest BCUT2D eigenvalue weighted by molar-refractivity contribution is 7.92. The Morgan fingerprint density at radius 2 is 2.15 bits per heavy atom. The van der Waals surface area contributed by atoms with Gasteiger partial charge in [-0.15, -0.1) is 11.3 Å². The van der Waals surface area contributed by atoms with Crippen molar-refractivity contribution in [2.24, 2.45) is 5.41 Å². The number of hydrogen-bond acceptors (Lipinski definition) is 5. The Labute approximate surface area is 123 Å². The van der Waals surface area contributed by atoms with Crippen molar-refractivity contribution in [2.75, 3.05) is 13.2 Å². The van der Waals surface area contributed by atoms with Crippen molar-refractivity contribution in [3.05, 3.63) is 16.5 Å². The molecule has 0 bridgehead atoms. The summed E-state index contributed by atoms with van der Waals surface area (Å²) in [5, 5.41) is 0. The van der Waals surface area contributed by atoms with E-state index in [4.69, 9.17) is 4.74 Å². The maximum atomic E-state index is 12.2. The van der Waals surface area contributed by atoms with E-state index in [0.717, 1.165) is 16.9 Å². The molecule has 2 rings (SSSR count). The van der Waals surface area contributed by atoms with E-state index >= 15 is 0 Å². The highest BCUT2D eigenvalue weighted by atomic mass is 32.2. The highest BCUT2D eigenvalue weighted by Gasteiger charge is 2.38. The van der Waals surface area contributed by atoms with E-state index in [2.05, 4.69) is 4.72 Å². The van der Waals surface area contributed by atoms with Crippen LogP contribution in [0.25, 0.3) is 0 Å². The molecule has 0 spiro atoms. The molecule has 7 heteroatoms. The van der Waals surface area contributed by atoms with Gasteiger partial charge in [0.05, 0.1) is 12.0 Å². The van der Waals surface area contributed by atoms with Gasteiger partial charge < -0.3 is 4.74 Å². The predicted molar refractivity (Wildman–Crippen MR) is 77.3 cm³/mol. The molecule has 1 fully saturated rings. The van der Waals surface area contributed by atoms with Crippen LogP contribution in [0.1, 0.15) is 30.2 Å². The topological polar surface area (TPSA) is 72.5 Å². The standard InChI is InChI=1S/C13H19NO4S2/c1-9-7-11(19-10(9)2)20(16,17)14-12(15)13(3)5-4-6-18-8-13/h7H,4-6,8H2,1-3H3,(H,14,15). The van der Waals surface area contributed by atoms with E-state index in [1.807, 2.05) is 13.8 Å². The second kappa shape index (κ2) is 5.46. The second-order valence-corrected chi connectivity index (χ2v) is 8.62. The average Bonchev–Trinajstić information content (AvgIpc) is 2.71. The van der Waals surface area contributed by atoms with Crippen LogP contribution < -0.4 is 4.72 Å². The van der Waals surface area contributed by atoms with Crippen molar-refractivity contribution < 1.29 is 17.9 Å². The summed E-state index contributed by atoms with van der Waals surface area (Å²) in [5.74, 6) is -0.485. The van der Waals surface area contributed by atoms with Gasteiger partial charge in [-0.3, -0.25) is 4.79 Å². The monoisotopic (exact) mass is 317 g/mol. The number of thiophene rings is 1. The Hall–Kier alpha value is -0.920. The average molecular weight is 317 g/mol. The number of ether oxygens (including phenoxy) is 1. The Kier molecular flexibility index (Phi) is 4.22. The molecule has 1 N–H and O–H groups in total. The number of aryl methyl sites for hydroxylation is 2. The number of amides is 1. The van der Waals surface area contributed by atoms with Gasteiger partial charge in [0.1, 0.15) is 4.21 Å². The van der Waals surface area contributed by atoms with Gasteiger partial charge in [0.25, 0.3) is 10.0 Å². The maximum absolute atomic E-state index is 12.2. The van der Waals surface area contributed by atoms with Gasteiger partial charge in [0.2, 0.25) is 5.91 Å². The van der Waals surface area contributed by atoms with Crippen molar-refractivity contribution in [3.63, 3.8) is 0 Å². The van der Waals surface area contributed by atoms with E-state index in [1.165, 1.54) is 11.3 Å². The minimum Gasteiger partial charge on any atom is -0.380 e. The maximum Gasteiger partial charge on any atom is 0.273 e. The van der Waals surface area contributed by atoms with Crippen molar-refractivity contribution in [1.29, 1.82) is 0 Å². The normalized spacial score (nSPS) is 23.6. The summed E-state index contributed by atoms with van der Waals surface area (Å²) in [6, 6.07) is 1.59. The Bertz CT molecular complexity index is 593. The molecule has 0 radical (unpaired) electrons. The van der Waals surface area contributed by atoms with Crippen LogP contribution in [0.5, 0.6) is 0 Å². The van der Waals surface area contributed by atoms with Gasteiger partial charge in [-0.1, -0.05) is 0 Å². The minimum atomic E-state index is -3.79. The quantitative estimate of drug-likeness (QED) is 0.925. The Morgan fingerprint density at radius 1 is 1.45 bits per heavy atom. The first-order valence-electron chi connectivity index (χ1n) is 6.47. The molecule has 1 unspecified atom stereocenters. The SMILES string of the molecule is Cc1cc(S(=O)(=O)NC(=O)C2(C)CCCOC2)sc1C. The molecule has 1 aliphatic rings. The Morgan fingerprint density at radius 3 is 2.65 bits per heavy atom. The molecule has 1 amide bonds. The van der Waals surface area contributed by atoms with Crippen molar-refractivity contribution in [2.45, 2.75) is 37.8 Å². The van der Waals surface area contributed by atoms with Gasteiger partial charge in [-0.05, 0) is 45.2 Å². The molecule has 1 aromatic rings. The summed E-state index contributed by atoms with van der Waals surface area (Å²) in [5.41, 5.74) is 0.141. The number of sulfonamides is 1. The fourth-order valence-electron chi connectivity index (χ4n) is 2.08. The van der Waals surface area contributed by atoms with Crippen LogP contribution in [0, 0.1) is 19.3 Å². The summed E-state index contributed by atoms with van der Waals surface area (Å²) >= 11 is 1.17. The van der Waals surface area contributed by atoms with E-state index in [1.54, 1.807) is 13.0 Å². The van der Waals surface area contributed by atoms with Crippen LogP contribution in [-0.2, 0) is 19.6 Å². The molecule has 2 heterocycles. The third-order valence-corrected chi connectivity index (χ3v) is 6.58. The lowest BCUT2D eigenvalue weighted by Crippen LogP contribution is -2.46. The predicted octanol–water partition coefficient (Wildman–Crippen LogP) is 1.99. The van der Waals surface area contributed by atoms with Crippen LogP contribution in [0.3, 0.4) is 0 Å². The number of carbonyl (C=O) groups is 1. The molecule has 0 saturated carbocycles. The number of carbonyl (C=O) groups excluding carboxylic acids is 1. The van der Waals surface area contributed by atoms with Crippen LogP contribution in [0.4, 0.5) is 0 Å². The lowest BCUT2D eigenvalue weighted by Gasteiger charge is -2.31. The first-order chi connectivity index (χ1) is 9.24. The summed E-state index contributed by atoms with van der Waals surface area (Å²) in [7, 11) is -3.79. The lowest BCUT2D eigenvalue weighted by atomic mass is 9.84. The minimum absolute atomic E-state index is 0.182.